The van der Waals surface area contributed by atoms with Crippen LogP contribution in [0.25, 0.3) is 0 Å². The largest absolute Gasteiger partial charge is 0.462 e. The lowest BCUT2D eigenvalue weighted by atomic mass is 9.47. The van der Waals surface area contributed by atoms with Gasteiger partial charge in [0, 0.05) is 18.2 Å². The number of carbonyl (C=O) groups excluding carboxylic acids is 2. The number of hydrogen-bond donors (Lipinski definition) is 0. The van der Waals surface area contributed by atoms with Gasteiger partial charge in [-0.15, -0.1) is 0 Å². The molecule has 3 unspecified atom stereocenters. The molecule has 0 saturated heterocycles. The zero-order valence-corrected chi connectivity index (χ0v) is 21.5. The second kappa shape index (κ2) is 9.27. The molecule has 4 aliphatic carbocycles. The lowest BCUT2D eigenvalue weighted by Gasteiger charge is -2.58. The first-order chi connectivity index (χ1) is 16.6. The highest BCUT2D eigenvalue weighted by Crippen LogP contribution is 2.66. The van der Waals surface area contributed by atoms with Crippen LogP contribution in [0.5, 0.6) is 0 Å². The fourth-order valence-corrected chi connectivity index (χ4v) is 8.67. The van der Waals surface area contributed by atoms with E-state index in [0.717, 1.165) is 44.1 Å². The Morgan fingerprint density at radius 2 is 1.74 bits per heavy atom. The number of allylic oxidation sites excluding steroid dienone is 1. The third-order valence-corrected chi connectivity index (χ3v) is 10.7. The van der Waals surface area contributed by atoms with Crippen LogP contribution in [0.15, 0.2) is 42.0 Å². The first kappa shape index (κ1) is 24.9. The minimum Gasteiger partial charge on any atom is -0.462 e. The van der Waals surface area contributed by atoms with E-state index >= 15 is 0 Å². The van der Waals surface area contributed by atoms with Gasteiger partial charge in [0.25, 0.3) is 5.97 Å². The van der Waals surface area contributed by atoms with Crippen LogP contribution in [-0.4, -0.2) is 33.5 Å². The molecule has 0 aromatic heterocycles. The van der Waals surface area contributed by atoms with E-state index in [9.17, 15) is 9.59 Å². The van der Waals surface area contributed by atoms with E-state index in [1.54, 1.807) is 6.92 Å². The predicted molar refractivity (Wildman–Crippen MR) is 140 cm³/mol. The molecular formula is C30H38B2O3. The first-order valence-corrected chi connectivity index (χ1v) is 13.6. The third-order valence-electron chi connectivity index (χ3n) is 10.7. The quantitative estimate of drug-likeness (QED) is 0.306. The van der Waals surface area contributed by atoms with Crippen LogP contribution in [-0.2, 0) is 14.3 Å². The molecule has 4 radical (unpaired) electrons. The van der Waals surface area contributed by atoms with E-state index in [4.69, 9.17) is 20.4 Å². The SMILES string of the molecule is [B]C(C(=O)OC1CC[C@@]2(C)C(=CC[C@H]3[C@@H]4CC[C@H](C(C)=O)[C@@]4(C)CC[C@@H]32)C1)C([B])c1ccccc1. The Bertz CT molecular complexity index is 1010. The summed E-state index contributed by atoms with van der Waals surface area (Å²) < 4.78 is 5.93. The topological polar surface area (TPSA) is 43.4 Å². The molecule has 0 N–H and O–H groups in total. The Balaban J connectivity index is 1.26. The minimum atomic E-state index is -0.872. The molecule has 35 heavy (non-hydrogen) atoms. The number of Topliss-reactive ketones (excluding diaryl/α,β-unsaturated/α-hetero) is 1. The van der Waals surface area contributed by atoms with Crippen molar-refractivity contribution in [2.24, 2.45) is 34.5 Å². The van der Waals surface area contributed by atoms with Crippen LogP contribution < -0.4 is 0 Å². The molecular weight excluding hydrogens is 430 g/mol. The maximum atomic E-state index is 12.9. The summed E-state index contributed by atoms with van der Waals surface area (Å²) in [6, 6.07) is 9.51. The Morgan fingerprint density at radius 1 is 1.00 bits per heavy atom. The van der Waals surface area contributed by atoms with Gasteiger partial charge >= 0.3 is 0 Å². The van der Waals surface area contributed by atoms with E-state index < -0.39 is 17.6 Å². The summed E-state index contributed by atoms with van der Waals surface area (Å²) in [7, 11) is 12.5. The molecule has 1 aromatic rings. The number of hydrogen-bond acceptors (Lipinski definition) is 3. The molecule has 0 heterocycles. The molecule has 182 valence electrons. The van der Waals surface area contributed by atoms with Crippen LogP contribution >= 0.6 is 0 Å². The summed E-state index contributed by atoms with van der Waals surface area (Å²) in [6.07, 6.45) is 10.8. The van der Waals surface area contributed by atoms with Crippen molar-refractivity contribution in [1.29, 1.82) is 0 Å². The first-order valence-electron chi connectivity index (χ1n) is 13.6. The van der Waals surface area contributed by atoms with Crippen LogP contribution in [0.1, 0.15) is 83.5 Å². The molecule has 0 bridgehead atoms. The summed E-state index contributed by atoms with van der Waals surface area (Å²) in [5, 5.41) is 0. The third kappa shape index (κ3) is 4.15. The molecule has 4 aliphatic rings. The normalized spacial score (nSPS) is 39.9. The Hall–Kier alpha value is -1.77. The van der Waals surface area contributed by atoms with Crippen molar-refractivity contribution >= 4 is 27.4 Å². The van der Waals surface area contributed by atoms with Crippen LogP contribution in [0.2, 0.25) is 5.82 Å². The Labute approximate surface area is 213 Å². The van der Waals surface area contributed by atoms with Gasteiger partial charge in [-0.2, -0.15) is 0 Å². The highest BCUT2D eigenvalue weighted by atomic mass is 16.5. The lowest BCUT2D eigenvalue weighted by molar-refractivity contribution is -0.151. The van der Waals surface area contributed by atoms with E-state index in [2.05, 4.69) is 19.9 Å². The standard InChI is InChI=1S/C30H38B2O3/c1-18(33)23-11-12-24-22-10-9-20-17-21(13-15-29(20,2)25(22)14-16-30(23,24)3)35-28(34)27(32)26(31)19-7-5-4-6-8-19/h4-9,21-27H,10-17H2,1-3H3/t21?,22-,23+,24-,25-,26?,27?,29-,30+/m0/s1. The maximum Gasteiger partial charge on any atom is 0.300 e. The van der Waals surface area contributed by atoms with Crippen LogP contribution in [0.3, 0.4) is 0 Å². The average molecular weight is 468 g/mol. The summed E-state index contributed by atoms with van der Waals surface area (Å²) in [5.41, 5.74) is 2.66. The number of fused-ring (bicyclic) bond motifs is 5. The average Bonchev–Trinajstić information content (AvgIpc) is 3.21. The maximum absolute atomic E-state index is 12.9. The van der Waals surface area contributed by atoms with Crippen molar-refractivity contribution in [1.82, 2.24) is 0 Å². The summed E-state index contributed by atoms with van der Waals surface area (Å²) >= 11 is 0. The van der Waals surface area contributed by atoms with Gasteiger partial charge in [0.1, 0.15) is 11.9 Å². The lowest BCUT2D eigenvalue weighted by Crippen LogP contribution is -2.51. The molecule has 3 saturated carbocycles. The van der Waals surface area contributed by atoms with Gasteiger partial charge in [0.05, 0.1) is 15.7 Å². The molecule has 5 heteroatoms. The predicted octanol–water partition coefficient (Wildman–Crippen LogP) is 5.93. The zero-order valence-electron chi connectivity index (χ0n) is 21.5. The number of ether oxygens (including phenoxy) is 1. The summed E-state index contributed by atoms with van der Waals surface area (Å²) in [5.74, 6) is 0.765. The van der Waals surface area contributed by atoms with Gasteiger partial charge in [-0.1, -0.05) is 61.4 Å². The van der Waals surface area contributed by atoms with Gasteiger partial charge in [-0.05, 0) is 86.3 Å². The molecule has 3 fully saturated rings. The number of benzene rings is 1. The van der Waals surface area contributed by atoms with Crippen molar-refractivity contribution in [2.45, 2.75) is 89.9 Å². The van der Waals surface area contributed by atoms with Gasteiger partial charge in [-0.3, -0.25) is 9.59 Å². The van der Waals surface area contributed by atoms with Crippen molar-refractivity contribution in [3.63, 3.8) is 0 Å². The number of ketones is 1. The van der Waals surface area contributed by atoms with Crippen molar-refractivity contribution in [3.8, 4) is 0 Å². The van der Waals surface area contributed by atoms with Crippen molar-refractivity contribution < 1.29 is 14.3 Å². The molecule has 3 nitrogen and oxygen atoms in total. The fraction of sp³-hybridized carbons (Fsp3) is 0.667. The fourth-order valence-electron chi connectivity index (χ4n) is 8.67. The van der Waals surface area contributed by atoms with Gasteiger partial charge in [-0.25, -0.2) is 0 Å². The van der Waals surface area contributed by atoms with Crippen molar-refractivity contribution in [3.05, 3.63) is 47.5 Å². The van der Waals surface area contributed by atoms with Crippen LogP contribution in [0.4, 0.5) is 0 Å². The minimum absolute atomic E-state index is 0.130. The highest BCUT2D eigenvalue weighted by molar-refractivity contribution is 6.29. The molecule has 0 spiro atoms. The van der Waals surface area contributed by atoms with Gasteiger partial charge in [0.15, 0.2) is 0 Å². The van der Waals surface area contributed by atoms with E-state index in [1.807, 2.05) is 30.3 Å². The molecule has 0 amide bonds. The zero-order chi connectivity index (χ0) is 25.0. The monoisotopic (exact) mass is 468 g/mol. The second-order valence-corrected chi connectivity index (χ2v) is 12.3. The van der Waals surface area contributed by atoms with Gasteiger partial charge < -0.3 is 4.74 Å². The van der Waals surface area contributed by atoms with E-state index in [1.165, 1.54) is 18.4 Å². The summed E-state index contributed by atoms with van der Waals surface area (Å²) in [6.45, 7) is 6.64. The van der Waals surface area contributed by atoms with E-state index in [-0.39, 0.29) is 22.9 Å². The smallest absolute Gasteiger partial charge is 0.300 e. The molecule has 1 aromatic carbocycles. The van der Waals surface area contributed by atoms with Crippen LogP contribution in [0, 0.1) is 34.5 Å². The molecule has 9 atom stereocenters. The Kier molecular flexibility index (Phi) is 6.60. The molecule has 0 aliphatic heterocycles. The second-order valence-electron chi connectivity index (χ2n) is 12.3. The highest BCUT2D eigenvalue weighted by Gasteiger charge is 2.59. The number of rotatable bonds is 5. The summed E-state index contributed by atoms with van der Waals surface area (Å²) in [4.78, 5) is 25.2. The number of esters is 1. The molecule has 5 rings (SSSR count). The van der Waals surface area contributed by atoms with Crippen molar-refractivity contribution in [2.75, 3.05) is 0 Å². The van der Waals surface area contributed by atoms with E-state index in [0.29, 0.717) is 23.5 Å². The van der Waals surface area contributed by atoms with Gasteiger partial charge in [0.2, 0.25) is 0 Å². The Morgan fingerprint density at radius 3 is 2.46 bits per heavy atom. The number of carbonyl (C=O) groups is 2.